The van der Waals surface area contributed by atoms with Crippen molar-refractivity contribution in [2.45, 2.75) is 49.1 Å². The van der Waals surface area contributed by atoms with Gasteiger partial charge in [0.2, 0.25) is 5.91 Å². The molecule has 0 bridgehead atoms. The molecule has 1 aliphatic rings. The van der Waals surface area contributed by atoms with E-state index in [0.29, 0.717) is 15.4 Å². The number of fused-ring (bicyclic) bond motifs is 1. The zero-order valence-electron chi connectivity index (χ0n) is 15.1. The van der Waals surface area contributed by atoms with E-state index < -0.39 is 0 Å². The standard InChI is InChI=1S/C20H21N3O2S2/c1-13(17(24)21-14-7-5-6-8-14)27-20-22-18-16(11-12-26-18)19(25)23(20)15-9-3-2-4-10-15/h2-4,9-14H,5-8H2,1H3,(H,21,24)/t13-/m1/s1. The van der Waals surface area contributed by atoms with Crippen LogP contribution in [0.15, 0.2) is 51.7 Å². The fraction of sp³-hybridized carbons (Fsp3) is 0.350. The molecule has 5 nitrogen and oxygen atoms in total. The summed E-state index contributed by atoms with van der Waals surface area (Å²) in [5.41, 5.74) is 0.660. The fourth-order valence-corrected chi connectivity index (χ4v) is 5.12. The predicted octanol–water partition coefficient (Wildman–Crippen LogP) is 3.99. The van der Waals surface area contributed by atoms with E-state index in [4.69, 9.17) is 4.98 Å². The molecule has 1 atom stereocenters. The van der Waals surface area contributed by atoms with Gasteiger partial charge in [0.1, 0.15) is 4.83 Å². The molecule has 3 aromatic rings. The molecule has 27 heavy (non-hydrogen) atoms. The summed E-state index contributed by atoms with van der Waals surface area (Å²) < 4.78 is 1.61. The lowest BCUT2D eigenvalue weighted by Gasteiger charge is -2.18. The van der Waals surface area contributed by atoms with Crippen molar-refractivity contribution in [1.29, 1.82) is 0 Å². The number of thiophene rings is 1. The summed E-state index contributed by atoms with van der Waals surface area (Å²) in [5, 5.41) is 5.84. The summed E-state index contributed by atoms with van der Waals surface area (Å²) >= 11 is 2.78. The summed E-state index contributed by atoms with van der Waals surface area (Å²) in [6.07, 6.45) is 4.46. The van der Waals surface area contributed by atoms with Gasteiger partial charge in [-0.05, 0) is 43.3 Å². The predicted molar refractivity (Wildman–Crippen MR) is 111 cm³/mol. The highest BCUT2D eigenvalue weighted by Crippen LogP contribution is 2.27. The molecule has 0 radical (unpaired) electrons. The van der Waals surface area contributed by atoms with Crippen LogP contribution in [0.4, 0.5) is 0 Å². The van der Waals surface area contributed by atoms with Crippen LogP contribution in [0.25, 0.3) is 15.9 Å². The van der Waals surface area contributed by atoms with E-state index in [1.165, 1.54) is 35.9 Å². The highest BCUT2D eigenvalue weighted by Gasteiger charge is 2.24. The molecule has 1 N–H and O–H groups in total. The highest BCUT2D eigenvalue weighted by molar-refractivity contribution is 8.00. The average molecular weight is 400 g/mol. The minimum atomic E-state index is -0.329. The van der Waals surface area contributed by atoms with Crippen LogP contribution in [0.2, 0.25) is 0 Å². The average Bonchev–Trinajstić information content (AvgIpc) is 3.34. The van der Waals surface area contributed by atoms with Crippen molar-refractivity contribution < 1.29 is 4.79 Å². The Hall–Kier alpha value is -2.12. The number of nitrogens with one attached hydrogen (secondary N) is 1. The number of carbonyl (C=O) groups is 1. The van der Waals surface area contributed by atoms with Crippen molar-refractivity contribution in [2.75, 3.05) is 0 Å². The van der Waals surface area contributed by atoms with Gasteiger partial charge in [-0.15, -0.1) is 11.3 Å². The Balaban J connectivity index is 1.67. The Bertz CT molecular complexity index is 1010. The number of carbonyl (C=O) groups excluding carboxylic acids is 1. The van der Waals surface area contributed by atoms with Crippen LogP contribution in [0.3, 0.4) is 0 Å². The number of hydrogen-bond acceptors (Lipinski definition) is 5. The molecular weight excluding hydrogens is 378 g/mol. The smallest absolute Gasteiger partial charge is 0.267 e. The molecule has 4 rings (SSSR count). The molecule has 7 heteroatoms. The van der Waals surface area contributed by atoms with Gasteiger partial charge in [0.15, 0.2) is 5.16 Å². The Morgan fingerprint density at radius 1 is 1.26 bits per heavy atom. The molecule has 140 valence electrons. The third kappa shape index (κ3) is 3.80. The van der Waals surface area contributed by atoms with Crippen molar-refractivity contribution in [1.82, 2.24) is 14.9 Å². The first-order valence-corrected chi connectivity index (χ1v) is 10.9. The molecule has 1 saturated carbocycles. The van der Waals surface area contributed by atoms with Crippen LogP contribution in [-0.2, 0) is 4.79 Å². The second kappa shape index (κ2) is 7.86. The molecule has 1 amide bonds. The first kappa shape index (κ1) is 18.3. The molecule has 0 aliphatic heterocycles. The van der Waals surface area contributed by atoms with E-state index in [1.54, 1.807) is 10.6 Å². The van der Waals surface area contributed by atoms with E-state index in [2.05, 4.69) is 5.32 Å². The summed E-state index contributed by atoms with van der Waals surface area (Å²) in [6.45, 7) is 1.87. The molecule has 2 heterocycles. The van der Waals surface area contributed by atoms with E-state index >= 15 is 0 Å². The molecule has 1 aliphatic carbocycles. The summed E-state index contributed by atoms with van der Waals surface area (Å²) in [6, 6.07) is 11.6. The number of amides is 1. The van der Waals surface area contributed by atoms with Gasteiger partial charge < -0.3 is 5.32 Å². The van der Waals surface area contributed by atoms with Gasteiger partial charge >= 0.3 is 0 Å². The summed E-state index contributed by atoms with van der Waals surface area (Å²) in [5.74, 6) is 0.00652. The maximum absolute atomic E-state index is 13.1. The monoisotopic (exact) mass is 399 g/mol. The number of benzene rings is 1. The number of para-hydroxylation sites is 1. The lowest BCUT2D eigenvalue weighted by atomic mass is 10.2. The normalized spacial score (nSPS) is 15.9. The zero-order valence-corrected chi connectivity index (χ0v) is 16.7. The van der Waals surface area contributed by atoms with Gasteiger partial charge in [-0.2, -0.15) is 0 Å². The summed E-state index contributed by atoms with van der Waals surface area (Å²) in [4.78, 5) is 31.1. The molecule has 2 aromatic heterocycles. The topological polar surface area (TPSA) is 64.0 Å². The third-order valence-corrected chi connectivity index (χ3v) is 6.69. The maximum Gasteiger partial charge on any atom is 0.267 e. The van der Waals surface area contributed by atoms with E-state index in [-0.39, 0.29) is 22.8 Å². The Labute approximate surface area is 165 Å². The van der Waals surface area contributed by atoms with E-state index in [9.17, 15) is 9.59 Å². The second-order valence-corrected chi connectivity index (χ2v) is 8.96. The maximum atomic E-state index is 13.1. The molecular formula is C20H21N3O2S2. The lowest BCUT2D eigenvalue weighted by molar-refractivity contribution is -0.120. The molecule has 1 fully saturated rings. The highest BCUT2D eigenvalue weighted by atomic mass is 32.2. The summed E-state index contributed by atoms with van der Waals surface area (Å²) in [7, 11) is 0. The van der Waals surface area contributed by atoms with Crippen LogP contribution < -0.4 is 10.9 Å². The number of rotatable bonds is 5. The number of thioether (sulfide) groups is 1. The molecule has 0 unspecified atom stereocenters. The fourth-order valence-electron chi connectivity index (χ4n) is 3.38. The van der Waals surface area contributed by atoms with Crippen molar-refractivity contribution in [3.05, 3.63) is 52.1 Å². The SMILES string of the molecule is C[C@@H](Sc1nc2sccc2c(=O)n1-c1ccccc1)C(=O)NC1CCCC1. The Morgan fingerprint density at radius 3 is 2.74 bits per heavy atom. The number of hydrogen-bond donors (Lipinski definition) is 1. The van der Waals surface area contributed by atoms with E-state index in [0.717, 1.165) is 18.5 Å². The second-order valence-electron chi connectivity index (χ2n) is 6.76. The van der Waals surface area contributed by atoms with Crippen molar-refractivity contribution >= 4 is 39.2 Å². The Kier molecular flexibility index (Phi) is 5.31. The quantitative estimate of drug-likeness (QED) is 0.521. The minimum absolute atomic E-state index is 0.00652. The number of aromatic nitrogens is 2. The van der Waals surface area contributed by atoms with Gasteiger partial charge in [-0.3, -0.25) is 14.2 Å². The van der Waals surface area contributed by atoms with Crippen LogP contribution in [0, 0.1) is 0 Å². The molecule has 1 aromatic carbocycles. The van der Waals surface area contributed by atoms with Gasteiger partial charge in [-0.1, -0.05) is 42.8 Å². The van der Waals surface area contributed by atoms with Crippen LogP contribution in [-0.4, -0.2) is 26.8 Å². The van der Waals surface area contributed by atoms with Gasteiger partial charge in [-0.25, -0.2) is 4.98 Å². The van der Waals surface area contributed by atoms with Crippen LogP contribution in [0.1, 0.15) is 32.6 Å². The van der Waals surface area contributed by atoms with Gasteiger partial charge in [0, 0.05) is 6.04 Å². The van der Waals surface area contributed by atoms with Crippen molar-refractivity contribution in [3.63, 3.8) is 0 Å². The molecule has 0 saturated heterocycles. The van der Waals surface area contributed by atoms with Crippen LogP contribution >= 0.6 is 23.1 Å². The lowest BCUT2D eigenvalue weighted by Crippen LogP contribution is -2.38. The van der Waals surface area contributed by atoms with Gasteiger partial charge in [0.05, 0.1) is 16.3 Å². The van der Waals surface area contributed by atoms with E-state index in [1.807, 2.05) is 42.6 Å². The first-order valence-electron chi connectivity index (χ1n) is 9.16. The number of nitrogens with zero attached hydrogens (tertiary/aromatic N) is 2. The van der Waals surface area contributed by atoms with Crippen molar-refractivity contribution in [3.8, 4) is 5.69 Å². The third-order valence-electron chi connectivity index (χ3n) is 4.83. The zero-order chi connectivity index (χ0) is 18.8. The molecule has 0 spiro atoms. The minimum Gasteiger partial charge on any atom is -0.352 e. The largest absolute Gasteiger partial charge is 0.352 e. The van der Waals surface area contributed by atoms with Gasteiger partial charge in [0.25, 0.3) is 5.56 Å². The van der Waals surface area contributed by atoms with Crippen molar-refractivity contribution in [2.24, 2.45) is 0 Å². The Morgan fingerprint density at radius 2 is 2.00 bits per heavy atom. The first-order chi connectivity index (χ1) is 13.1. The van der Waals surface area contributed by atoms with Crippen LogP contribution in [0.5, 0.6) is 0 Å².